The Balaban J connectivity index is 0.000000364. The molecule has 0 aromatic carbocycles. The van der Waals surface area contributed by atoms with Crippen molar-refractivity contribution < 1.29 is 24.6 Å². The van der Waals surface area contributed by atoms with E-state index in [2.05, 4.69) is 9.72 Å². The summed E-state index contributed by atoms with van der Waals surface area (Å²) in [7, 11) is -0.824. The Morgan fingerprint density at radius 2 is 2.07 bits per heavy atom. The highest BCUT2D eigenvalue weighted by Gasteiger charge is 2.01. The predicted octanol–water partition coefficient (Wildman–Crippen LogP) is -1.18. The lowest BCUT2D eigenvalue weighted by atomic mass is 10.3. The number of carbonyl (C=O) groups excluding carboxylic acids is 1. The van der Waals surface area contributed by atoms with E-state index in [4.69, 9.17) is 15.1 Å². The van der Waals surface area contributed by atoms with E-state index < -0.39 is 7.32 Å². The summed E-state index contributed by atoms with van der Waals surface area (Å²) in [5.74, 6) is -0.354. The first kappa shape index (κ1) is 12.6. The third-order valence-electron chi connectivity index (χ3n) is 1.08. The maximum absolute atomic E-state index is 10.8. The highest BCUT2D eigenvalue weighted by Crippen LogP contribution is 1.96. The lowest BCUT2D eigenvalue weighted by Gasteiger charge is -1.94. The Hall–Kier alpha value is -1.44. The Bertz CT molecular complexity index is 263. The average molecular weight is 199 g/mol. The molecular formula is C7H10BNO5. The van der Waals surface area contributed by atoms with Gasteiger partial charge < -0.3 is 19.8 Å². The van der Waals surface area contributed by atoms with Gasteiger partial charge in [-0.1, -0.05) is 0 Å². The van der Waals surface area contributed by atoms with Crippen molar-refractivity contribution in [3.8, 4) is 0 Å². The van der Waals surface area contributed by atoms with Crippen molar-refractivity contribution in [2.24, 2.45) is 0 Å². The number of rotatable bonds is 1. The first-order valence-corrected chi connectivity index (χ1v) is 3.60. The largest absolute Gasteiger partial charge is 0.631 e. The molecule has 6 nitrogen and oxygen atoms in total. The van der Waals surface area contributed by atoms with Crippen LogP contribution in [0.4, 0.5) is 0 Å². The van der Waals surface area contributed by atoms with Crippen molar-refractivity contribution in [2.75, 3.05) is 7.11 Å². The van der Waals surface area contributed by atoms with Gasteiger partial charge in [0.15, 0.2) is 0 Å². The molecule has 7 heteroatoms. The zero-order valence-corrected chi connectivity index (χ0v) is 7.49. The van der Waals surface area contributed by atoms with Crippen LogP contribution in [-0.4, -0.2) is 40.5 Å². The summed E-state index contributed by atoms with van der Waals surface area (Å²) >= 11 is 0. The minimum absolute atomic E-state index is 0.354. The zero-order chi connectivity index (χ0) is 11.0. The molecule has 1 rings (SSSR count). The molecule has 0 radical (unpaired) electrons. The summed E-state index contributed by atoms with van der Waals surface area (Å²) in [5, 5.41) is 21.5. The van der Waals surface area contributed by atoms with Gasteiger partial charge in [0.1, 0.15) is 0 Å². The molecule has 1 aromatic heterocycles. The van der Waals surface area contributed by atoms with Gasteiger partial charge in [-0.2, -0.15) is 0 Å². The first-order valence-electron chi connectivity index (χ1n) is 3.60. The van der Waals surface area contributed by atoms with Gasteiger partial charge in [-0.05, 0) is 12.1 Å². The van der Waals surface area contributed by atoms with E-state index in [0.29, 0.717) is 5.56 Å². The number of nitrogens with zero attached hydrogens (tertiary/aromatic N) is 1. The van der Waals surface area contributed by atoms with Crippen LogP contribution in [0.2, 0.25) is 0 Å². The minimum Gasteiger partial charge on any atom is -0.465 e. The number of carbonyl (C=O) groups is 1. The molecular weight excluding hydrogens is 189 g/mol. The summed E-state index contributed by atoms with van der Waals surface area (Å²) in [6.45, 7) is 0. The fraction of sp³-hybridized carbons (Fsp3) is 0.143. The second-order valence-corrected chi connectivity index (χ2v) is 2.08. The van der Waals surface area contributed by atoms with E-state index in [1.165, 1.54) is 13.3 Å². The number of hydrogen-bond donors (Lipinski definition) is 3. The van der Waals surface area contributed by atoms with Gasteiger partial charge in [0.2, 0.25) is 0 Å². The third kappa shape index (κ3) is 6.12. The van der Waals surface area contributed by atoms with Crippen molar-refractivity contribution in [3.05, 3.63) is 30.1 Å². The molecule has 1 aromatic rings. The molecule has 0 amide bonds. The minimum atomic E-state index is -2.17. The molecule has 0 atom stereocenters. The van der Waals surface area contributed by atoms with Crippen LogP contribution in [0.1, 0.15) is 10.4 Å². The van der Waals surface area contributed by atoms with Gasteiger partial charge in [-0.3, -0.25) is 4.98 Å². The van der Waals surface area contributed by atoms with Gasteiger partial charge in [0.05, 0.1) is 12.7 Å². The molecule has 0 spiro atoms. The Kier molecular flexibility index (Phi) is 6.30. The Labute approximate surface area is 81.0 Å². The van der Waals surface area contributed by atoms with Crippen LogP contribution in [0.3, 0.4) is 0 Å². The van der Waals surface area contributed by atoms with Crippen LogP contribution in [0, 0.1) is 0 Å². The SMILES string of the molecule is COC(=O)c1cccnc1.OB(O)O. The molecule has 0 saturated carbocycles. The third-order valence-corrected chi connectivity index (χ3v) is 1.08. The number of pyridine rings is 1. The first-order chi connectivity index (χ1) is 6.57. The Morgan fingerprint density at radius 1 is 1.50 bits per heavy atom. The van der Waals surface area contributed by atoms with Gasteiger partial charge in [0.25, 0.3) is 0 Å². The molecule has 76 valence electrons. The Morgan fingerprint density at radius 3 is 2.43 bits per heavy atom. The van der Waals surface area contributed by atoms with Gasteiger partial charge in [0, 0.05) is 12.4 Å². The predicted molar refractivity (Wildman–Crippen MR) is 48.0 cm³/mol. The fourth-order valence-corrected chi connectivity index (χ4v) is 0.601. The van der Waals surface area contributed by atoms with Crippen molar-refractivity contribution >= 4 is 13.3 Å². The van der Waals surface area contributed by atoms with Gasteiger partial charge >= 0.3 is 13.3 Å². The maximum atomic E-state index is 10.8. The maximum Gasteiger partial charge on any atom is 0.631 e. The summed E-state index contributed by atoms with van der Waals surface area (Å²) in [6.07, 6.45) is 3.07. The number of ether oxygens (including phenoxy) is 1. The lowest BCUT2D eigenvalue weighted by Crippen LogP contribution is -2.07. The van der Waals surface area contributed by atoms with Crippen LogP contribution in [0.5, 0.6) is 0 Å². The van der Waals surface area contributed by atoms with E-state index in [9.17, 15) is 4.79 Å². The molecule has 0 saturated heterocycles. The van der Waals surface area contributed by atoms with Crippen molar-refractivity contribution in [3.63, 3.8) is 0 Å². The zero-order valence-electron chi connectivity index (χ0n) is 7.49. The second kappa shape index (κ2) is 7.02. The highest BCUT2D eigenvalue weighted by atomic mass is 16.5. The van der Waals surface area contributed by atoms with Crippen LogP contribution in [0.25, 0.3) is 0 Å². The number of methoxy groups -OCH3 is 1. The molecule has 1 heterocycles. The van der Waals surface area contributed by atoms with Gasteiger partial charge in [-0.25, -0.2) is 4.79 Å². The summed E-state index contributed by atoms with van der Waals surface area (Å²) in [4.78, 5) is 14.5. The van der Waals surface area contributed by atoms with Crippen molar-refractivity contribution in [1.82, 2.24) is 4.98 Å². The molecule has 0 aliphatic heterocycles. The lowest BCUT2D eigenvalue weighted by molar-refractivity contribution is 0.0600. The number of aromatic nitrogens is 1. The summed E-state index contributed by atoms with van der Waals surface area (Å²) in [6, 6.07) is 3.34. The molecule has 0 aliphatic rings. The summed E-state index contributed by atoms with van der Waals surface area (Å²) < 4.78 is 4.46. The molecule has 0 aliphatic carbocycles. The van der Waals surface area contributed by atoms with Gasteiger partial charge in [-0.15, -0.1) is 0 Å². The number of esters is 1. The second-order valence-electron chi connectivity index (χ2n) is 2.08. The standard InChI is InChI=1S/C7H7NO2.BH3O3/c1-10-7(9)6-3-2-4-8-5-6;2-1(3)4/h2-5H,1H3;2-4H. The monoisotopic (exact) mass is 199 g/mol. The molecule has 3 N–H and O–H groups in total. The molecule has 14 heavy (non-hydrogen) atoms. The topological polar surface area (TPSA) is 99.9 Å². The van der Waals surface area contributed by atoms with Crippen molar-refractivity contribution in [1.29, 1.82) is 0 Å². The number of hydrogen-bond acceptors (Lipinski definition) is 6. The van der Waals surface area contributed by atoms with Crippen LogP contribution >= 0.6 is 0 Å². The smallest absolute Gasteiger partial charge is 0.465 e. The quantitative estimate of drug-likeness (QED) is 0.388. The van der Waals surface area contributed by atoms with E-state index >= 15 is 0 Å². The van der Waals surface area contributed by atoms with E-state index in [-0.39, 0.29) is 5.97 Å². The van der Waals surface area contributed by atoms with Crippen LogP contribution < -0.4 is 0 Å². The van der Waals surface area contributed by atoms with E-state index in [0.717, 1.165) is 0 Å². The normalized spacial score (nSPS) is 8.29. The summed E-state index contributed by atoms with van der Waals surface area (Å²) in [5.41, 5.74) is 0.477. The average Bonchev–Trinajstić information content (AvgIpc) is 2.17. The van der Waals surface area contributed by atoms with E-state index in [1.807, 2.05) is 0 Å². The molecule has 0 bridgehead atoms. The van der Waals surface area contributed by atoms with E-state index in [1.54, 1.807) is 18.3 Å². The highest BCUT2D eigenvalue weighted by molar-refractivity contribution is 6.30. The fourth-order valence-electron chi connectivity index (χ4n) is 0.601. The van der Waals surface area contributed by atoms with Crippen molar-refractivity contribution in [2.45, 2.75) is 0 Å². The van der Waals surface area contributed by atoms with Crippen LogP contribution in [0.15, 0.2) is 24.5 Å². The molecule has 0 unspecified atom stereocenters. The molecule has 0 fully saturated rings. The van der Waals surface area contributed by atoms with Crippen LogP contribution in [-0.2, 0) is 4.74 Å².